The third-order valence-electron chi connectivity index (χ3n) is 6.86. The predicted molar refractivity (Wildman–Crippen MR) is 139 cm³/mol. The van der Waals surface area contributed by atoms with Gasteiger partial charge in [0.1, 0.15) is 11.4 Å². The van der Waals surface area contributed by atoms with Gasteiger partial charge in [-0.05, 0) is 53.8 Å². The van der Waals surface area contributed by atoms with Gasteiger partial charge in [0.05, 0.1) is 6.54 Å². The van der Waals surface area contributed by atoms with E-state index in [1.807, 2.05) is 60.7 Å². The maximum Gasteiger partial charge on any atom is 0.328 e. The minimum absolute atomic E-state index is 0.0164. The maximum absolute atomic E-state index is 13.8. The number of amidine groups is 1. The molecule has 0 aliphatic carbocycles. The Morgan fingerprint density at radius 3 is 2.33 bits per heavy atom. The molecule has 1 saturated heterocycles. The van der Waals surface area contributed by atoms with E-state index in [0.29, 0.717) is 31.4 Å². The quantitative estimate of drug-likeness (QED) is 0.174. The number of rotatable bonds is 10. The normalized spacial score (nSPS) is 17.7. The average Bonchev–Trinajstić information content (AvgIpc) is 3.05. The summed E-state index contributed by atoms with van der Waals surface area (Å²) in [4.78, 5) is 41.4. The van der Waals surface area contributed by atoms with Crippen LogP contribution in [0, 0.1) is 5.41 Å². The molecule has 3 aromatic carbocycles. The number of hydrogen-bond acceptors (Lipinski definition) is 4. The largest absolute Gasteiger partial charge is 0.384 e. The summed E-state index contributed by atoms with van der Waals surface area (Å²) in [6.07, 6.45) is 2.35. The number of primary amides is 1. The van der Waals surface area contributed by atoms with E-state index in [4.69, 9.17) is 16.9 Å². The van der Waals surface area contributed by atoms with E-state index in [9.17, 15) is 14.4 Å². The molecule has 1 aliphatic rings. The molecule has 0 saturated carbocycles. The van der Waals surface area contributed by atoms with Crippen LogP contribution in [0.5, 0.6) is 0 Å². The Labute approximate surface area is 210 Å². The lowest BCUT2D eigenvalue weighted by molar-refractivity contribution is -0.133. The van der Waals surface area contributed by atoms with Crippen molar-refractivity contribution in [2.75, 3.05) is 6.54 Å². The molecular formula is C28H31N5O3. The highest BCUT2D eigenvalue weighted by atomic mass is 16.2. The van der Waals surface area contributed by atoms with Crippen molar-refractivity contribution in [2.45, 2.75) is 44.7 Å². The van der Waals surface area contributed by atoms with Gasteiger partial charge in [-0.15, -0.1) is 0 Å². The van der Waals surface area contributed by atoms with Gasteiger partial charge in [0.25, 0.3) is 5.91 Å². The Hall–Kier alpha value is -4.20. The summed E-state index contributed by atoms with van der Waals surface area (Å²) >= 11 is 0. The third kappa shape index (κ3) is 4.79. The summed E-state index contributed by atoms with van der Waals surface area (Å²) in [6.45, 7) is 2.33. The first kappa shape index (κ1) is 24.9. The molecule has 8 heteroatoms. The van der Waals surface area contributed by atoms with Crippen LogP contribution >= 0.6 is 0 Å². The standard InChI is InChI=1S/C28H31N5O3/c1-28(23-8-4-2-5-9-23)26(35)32(27(36)33(28)15-7-3-6-10-24(29)34)18-19-11-12-20-13-14-21(25(30)31)17-22(20)16-19/h2,4-5,8-9,11-14,16-17H,3,6-7,10,15,18H2,1H3,(H2,29,34)(H3,30,31). The highest BCUT2D eigenvalue weighted by molar-refractivity contribution is 6.07. The molecule has 0 spiro atoms. The molecule has 1 unspecified atom stereocenters. The zero-order valence-electron chi connectivity index (χ0n) is 20.4. The number of nitrogens with zero attached hydrogens (tertiary/aromatic N) is 2. The van der Waals surface area contributed by atoms with Gasteiger partial charge in [-0.3, -0.25) is 19.9 Å². The minimum Gasteiger partial charge on any atom is -0.384 e. The van der Waals surface area contributed by atoms with Crippen molar-refractivity contribution in [3.05, 3.63) is 83.4 Å². The fourth-order valence-corrected chi connectivity index (χ4v) is 4.79. The number of carbonyl (C=O) groups excluding carboxylic acids is 3. The number of nitrogens with one attached hydrogen (secondary N) is 1. The number of hydrogen-bond donors (Lipinski definition) is 3. The van der Waals surface area contributed by atoms with E-state index < -0.39 is 5.54 Å². The summed E-state index contributed by atoms with van der Waals surface area (Å²) in [5.41, 5.74) is 11.9. The number of carbonyl (C=O) groups is 3. The number of imide groups is 1. The molecule has 3 aromatic rings. The van der Waals surface area contributed by atoms with Crippen molar-refractivity contribution in [2.24, 2.45) is 11.5 Å². The molecule has 1 atom stereocenters. The summed E-state index contributed by atoms with van der Waals surface area (Å²) < 4.78 is 0. The van der Waals surface area contributed by atoms with Crippen LogP contribution in [0.25, 0.3) is 10.8 Å². The van der Waals surface area contributed by atoms with Gasteiger partial charge >= 0.3 is 6.03 Å². The van der Waals surface area contributed by atoms with Gasteiger partial charge < -0.3 is 16.4 Å². The lowest BCUT2D eigenvalue weighted by Gasteiger charge is -2.32. The number of nitrogens with two attached hydrogens (primary N) is 2. The molecule has 1 fully saturated rings. The third-order valence-corrected chi connectivity index (χ3v) is 6.86. The van der Waals surface area contributed by atoms with Crippen molar-refractivity contribution >= 4 is 34.5 Å². The van der Waals surface area contributed by atoms with Gasteiger partial charge in [0.15, 0.2) is 0 Å². The molecule has 4 rings (SSSR count). The first-order chi connectivity index (χ1) is 17.2. The highest BCUT2D eigenvalue weighted by Gasteiger charge is 2.54. The van der Waals surface area contributed by atoms with Gasteiger partial charge in [0, 0.05) is 18.5 Å². The fourth-order valence-electron chi connectivity index (χ4n) is 4.79. The first-order valence-electron chi connectivity index (χ1n) is 12.1. The number of nitrogen functional groups attached to an aromatic ring is 1. The molecule has 36 heavy (non-hydrogen) atoms. The van der Waals surface area contributed by atoms with Crippen LogP contribution in [0.1, 0.15) is 49.3 Å². The Morgan fingerprint density at radius 1 is 0.917 bits per heavy atom. The number of urea groups is 1. The molecule has 5 N–H and O–H groups in total. The molecule has 1 aliphatic heterocycles. The van der Waals surface area contributed by atoms with Crippen molar-refractivity contribution in [3.8, 4) is 0 Å². The lowest BCUT2D eigenvalue weighted by Crippen LogP contribution is -2.44. The molecule has 1 heterocycles. The van der Waals surface area contributed by atoms with Crippen molar-refractivity contribution in [1.29, 1.82) is 5.41 Å². The molecule has 0 radical (unpaired) electrons. The van der Waals surface area contributed by atoms with E-state index >= 15 is 0 Å². The van der Waals surface area contributed by atoms with E-state index in [1.165, 1.54) is 4.90 Å². The second kappa shape index (κ2) is 10.2. The number of benzene rings is 3. The molecule has 4 amide bonds. The number of fused-ring (bicyclic) bond motifs is 1. The second-order valence-electron chi connectivity index (χ2n) is 9.35. The van der Waals surface area contributed by atoms with Crippen LogP contribution in [0.3, 0.4) is 0 Å². The van der Waals surface area contributed by atoms with Crippen LogP contribution < -0.4 is 11.5 Å². The Bertz CT molecular complexity index is 1320. The predicted octanol–water partition coefficient (Wildman–Crippen LogP) is 3.85. The Balaban J connectivity index is 1.61. The van der Waals surface area contributed by atoms with Crippen molar-refractivity contribution in [3.63, 3.8) is 0 Å². The Morgan fingerprint density at radius 2 is 1.64 bits per heavy atom. The van der Waals surface area contributed by atoms with Crippen LogP contribution in [-0.2, 0) is 21.7 Å². The number of amides is 4. The summed E-state index contributed by atoms with van der Waals surface area (Å²) in [5, 5.41) is 9.57. The Kier molecular flexibility index (Phi) is 7.05. The monoisotopic (exact) mass is 485 g/mol. The van der Waals surface area contributed by atoms with Gasteiger partial charge in [-0.1, -0.05) is 61.0 Å². The topological polar surface area (TPSA) is 134 Å². The van der Waals surface area contributed by atoms with Crippen LogP contribution in [0.4, 0.5) is 4.79 Å². The average molecular weight is 486 g/mol. The van der Waals surface area contributed by atoms with E-state index in [-0.39, 0.29) is 30.2 Å². The smallest absolute Gasteiger partial charge is 0.328 e. The molecule has 0 aromatic heterocycles. The van der Waals surface area contributed by atoms with Crippen LogP contribution in [-0.4, -0.2) is 40.0 Å². The van der Waals surface area contributed by atoms with E-state index in [2.05, 4.69) is 0 Å². The second-order valence-corrected chi connectivity index (χ2v) is 9.35. The SMILES string of the molecule is CC1(c2ccccc2)C(=O)N(Cc2ccc3ccc(C(=N)N)cc3c2)C(=O)N1CCCCCC(N)=O. The number of unbranched alkanes of at least 4 members (excludes halogenated alkanes) is 2. The molecule has 186 valence electrons. The van der Waals surface area contributed by atoms with Gasteiger partial charge in [0.2, 0.25) is 5.91 Å². The fraction of sp³-hybridized carbons (Fsp3) is 0.286. The summed E-state index contributed by atoms with van der Waals surface area (Å²) in [7, 11) is 0. The maximum atomic E-state index is 13.8. The highest BCUT2D eigenvalue weighted by Crippen LogP contribution is 2.38. The molecule has 0 bridgehead atoms. The first-order valence-corrected chi connectivity index (χ1v) is 12.1. The van der Waals surface area contributed by atoms with Crippen LogP contribution in [0.15, 0.2) is 66.7 Å². The molecule has 8 nitrogen and oxygen atoms in total. The minimum atomic E-state index is -1.12. The van der Waals surface area contributed by atoms with Crippen molar-refractivity contribution in [1.82, 2.24) is 9.80 Å². The summed E-state index contributed by atoms with van der Waals surface area (Å²) in [6, 6.07) is 20.3. The van der Waals surface area contributed by atoms with E-state index in [1.54, 1.807) is 17.9 Å². The van der Waals surface area contributed by atoms with Crippen molar-refractivity contribution < 1.29 is 14.4 Å². The van der Waals surface area contributed by atoms with Crippen LogP contribution in [0.2, 0.25) is 0 Å². The van der Waals surface area contributed by atoms with E-state index in [0.717, 1.165) is 28.3 Å². The lowest BCUT2D eigenvalue weighted by atomic mass is 9.90. The van der Waals surface area contributed by atoms with Gasteiger partial charge in [-0.25, -0.2) is 4.79 Å². The van der Waals surface area contributed by atoms with Gasteiger partial charge in [-0.2, -0.15) is 0 Å². The molecular weight excluding hydrogens is 454 g/mol. The zero-order valence-corrected chi connectivity index (χ0v) is 20.4. The summed E-state index contributed by atoms with van der Waals surface area (Å²) in [5.74, 6) is -0.626. The zero-order chi connectivity index (χ0) is 25.9.